The fraction of sp³-hybridized carbons (Fsp3) is 0.250. The van der Waals surface area contributed by atoms with E-state index in [1.54, 1.807) is 7.11 Å². The van der Waals surface area contributed by atoms with Crippen LogP contribution in [0.1, 0.15) is 12.5 Å². The summed E-state index contributed by atoms with van der Waals surface area (Å²) in [5.74, 6) is 0.845. The minimum Gasteiger partial charge on any atom is -0.497 e. The molecule has 0 atom stereocenters. The normalized spacial score (nSPS) is 10.5. The van der Waals surface area contributed by atoms with Crippen LogP contribution in [-0.4, -0.2) is 12.1 Å². The molecule has 2 nitrogen and oxygen atoms in total. The van der Waals surface area contributed by atoms with E-state index in [9.17, 15) is 0 Å². The third kappa shape index (κ3) is 1.88. The van der Waals surface area contributed by atoms with Gasteiger partial charge in [-0.2, -0.15) is 0 Å². The quantitative estimate of drug-likeness (QED) is 0.782. The Bertz CT molecular complexity index is 545. The standard InChI is InChI=1S/C12H13NOS/c1-3-8-6-9-4-5-10(14-2)7-11(9)13-12(8)15/h4-7H,3H2,1-2H3,(H,13,15). The van der Waals surface area contributed by atoms with E-state index in [4.69, 9.17) is 17.0 Å². The number of aromatic nitrogens is 1. The van der Waals surface area contributed by atoms with Crippen molar-refractivity contribution in [1.82, 2.24) is 4.98 Å². The van der Waals surface area contributed by atoms with Crippen LogP contribution in [0.2, 0.25) is 0 Å². The van der Waals surface area contributed by atoms with Crippen LogP contribution in [0.5, 0.6) is 5.75 Å². The lowest BCUT2D eigenvalue weighted by Gasteiger charge is -2.04. The second-order valence-electron chi connectivity index (χ2n) is 3.43. The van der Waals surface area contributed by atoms with Crippen LogP contribution in [0.3, 0.4) is 0 Å². The molecule has 1 heterocycles. The van der Waals surface area contributed by atoms with E-state index >= 15 is 0 Å². The van der Waals surface area contributed by atoms with Gasteiger partial charge in [-0.3, -0.25) is 0 Å². The second kappa shape index (κ2) is 4.03. The number of hydrogen-bond acceptors (Lipinski definition) is 2. The number of hydrogen-bond donors (Lipinski definition) is 1. The lowest BCUT2D eigenvalue weighted by atomic mass is 10.1. The summed E-state index contributed by atoms with van der Waals surface area (Å²) < 4.78 is 5.98. The zero-order valence-electron chi connectivity index (χ0n) is 8.83. The fourth-order valence-electron chi connectivity index (χ4n) is 1.61. The number of nitrogens with one attached hydrogen (secondary N) is 1. The first-order chi connectivity index (χ1) is 7.24. The van der Waals surface area contributed by atoms with Crippen molar-refractivity contribution in [2.75, 3.05) is 7.11 Å². The zero-order chi connectivity index (χ0) is 10.8. The van der Waals surface area contributed by atoms with Gasteiger partial charge in [0.05, 0.1) is 12.6 Å². The number of methoxy groups -OCH3 is 1. The molecule has 0 amide bonds. The molecule has 0 unspecified atom stereocenters. The first-order valence-corrected chi connectivity index (χ1v) is 5.35. The van der Waals surface area contributed by atoms with Crippen molar-refractivity contribution in [2.45, 2.75) is 13.3 Å². The monoisotopic (exact) mass is 219 g/mol. The van der Waals surface area contributed by atoms with Gasteiger partial charge in [-0.15, -0.1) is 0 Å². The van der Waals surface area contributed by atoms with Crippen LogP contribution in [0.4, 0.5) is 0 Å². The van der Waals surface area contributed by atoms with Gasteiger partial charge in [0.2, 0.25) is 0 Å². The highest BCUT2D eigenvalue weighted by atomic mass is 32.1. The predicted octanol–water partition coefficient (Wildman–Crippen LogP) is 3.47. The van der Waals surface area contributed by atoms with Crippen molar-refractivity contribution in [3.8, 4) is 5.75 Å². The van der Waals surface area contributed by atoms with Crippen molar-refractivity contribution in [3.05, 3.63) is 34.5 Å². The Morgan fingerprint density at radius 2 is 2.13 bits per heavy atom. The van der Waals surface area contributed by atoms with Crippen molar-refractivity contribution >= 4 is 23.1 Å². The highest BCUT2D eigenvalue weighted by Crippen LogP contribution is 2.20. The van der Waals surface area contributed by atoms with Gasteiger partial charge in [-0.25, -0.2) is 0 Å². The number of aryl methyl sites for hydroxylation is 1. The minimum absolute atomic E-state index is 0.818. The molecule has 15 heavy (non-hydrogen) atoms. The minimum atomic E-state index is 0.818. The van der Waals surface area contributed by atoms with E-state index in [1.807, 2.05) is 18.2 Å². The Morgan fingerprint density at radius 3 is 2.80 bits per heavy atom. The summed E-state index contributed by atoms with van der Waals surface area (Å²) in [5, 5.41) is 1.17. The number of benzene rings is 1. The third-order valence-corrected chi connectivity index (χ3v) is 2.88. The van der Waals surface area contributed by atoms with Gasteiger partial charge in [0, 0.05) is 6.07 Å². The van der Waals surface area contributed by atoms with Crippen LogP contribution >= 0.6 is 12.2 Å². The average molecular weight is 219 g/mol. The lowest BCUT2D eigenvalue weighted by Crippen LogP contribution is -1.89. The Balaban J connectivity index is 2.70. The molecule has 0 saturated heterocycles. The molecule has 0 spiro atoms. The van der Waals surface area contributed by atoms with Gasteiger partial charge < -0.3 is 9.72 Å². The molecule has 3 heteroatoms. The van der Waals surface area contributed by atoms with Crippen molar-refractivity contribution in [1.29, 1.82) is 0 Å². The number of pyridine rings is 1. The number of ether oxygens (including phenoxy) is 1. The van der Waals surface area contributed by atoms with Gasteiger partial charge in [0.15, 0.2) is 0 Å². The maximum atomic E-state index is 5.26. The molecule has 0 radical (unpaired) electrons. The molecule has 0 aliphatic rings. The summed E-state index contributed by atoms with van der Waals surface area (Å²) in [4.78, 5) is 3.22. The topological polar surface area (TPSA) is 25.0 Å². The second-order valence-corrected chi connectivity index (χ2v) is 3.84. The molecular formula is C12H13NOS. The van der Waals surface area contributed by atoms with E-state index in [-0.39, 0.29) is 0 Å². The molecule has 1 aromatic carbocycles. The highest BCUT2D eigenvalue weighted by molar-refractivity contribution is 7.71. The molecule has 1 aromatic heterocycles. The molecule has 0 aliphatic heterocycles. The van der Waals surface area contributed by atoms with Crippen LogP contribution < -0.4 is 4.74 Å². The first kappa shape index (κ1) is 10.2. The molecule has 1 N–H and O–H groups in total. The summed E-state index contributed by atoms with van der Waals surface area (Å²) in [6.07, 6.45) is 0.956. The van der Waals surface area contributed by atoms with Crippen molar-refractivity contribution in [3.63, 3.8) is 0 Å². The Labute approximate surface area is 93.9 Å². The van der Waals surface area contributed by atoms with E-state index in [2.05, 4.69) is 18.0 Å². The largest absolute Gasteiger partial charge is 0.497 e. The number of rotatable bonds is 2. The Morgan fingerprint density at radius 1 is 1.33 bits per heavy atom. The van der Waals surface area contributed by atoms with E-state index < -0.39 is 0 Å². The van der Waals surface area contributed by atoms with Crippen LogP contribution in [0.15, 0.2) is 24.3 Å². The summed E-state index contributed by atoms with van der Waals surface area (Å²) >= 11 is 5.26. The van der Waals surface area contributed by atoms with Crippen molar-refractivity contribution < 1.29 is 4.74 Å². The molecular weight excluding hydrogens is 206 g/mol. The van der Waals surface area contributed by atoms with E-state index in [0.29, 0.717) is 0 Å². The van der Waals surface area contributed by atoms with Crippen LogP contribution in [0, 0.1) is 4.64 Å². The summed E-state index contributed by atoms with van der Waals surface area (Å²) in [6, 6.07) is 8.09. The van der Waals surface area contributed by atoms with Crippen molar-refractivity contribution in [2.24, 2.45) is 0 Å². The fourth-order valence-corrected chi connectivity index (χ4v) is 1.93. The van der Waals surface area contributed by atoms with Gasteiger partial charge in [-0.05, 0) is 35.6 Å². The molecule has 78 valence electrons. The van der Waals surface area contributed by atoms with Gasteiger partial charge in [0.25, 0.3) is 0 Å². The molecule has 2 aromatic rings. The third-order valence-electron chi connectivity index (χ3n) is 2.51. The highest BCUT2D eigenvalue weighted by Gasteiger charge is 1.99. The Hall–Kier alpha value is -1.35. The maximum absolute atomic E-state index is 5.26. The van der Waals surface area contributed by atoms with Crippen LogP contribution in [-0.2, 0) is 6.42 Å². The van der Waals surface area contributed by atoms with Crippen LogP contribution in [0.25, 0.3) is 10.9 Å². The average Bonchev–Trinajstić information content (AvgIpc) is 2.27. The van der Waals surface area contributed by atoms with E-state index in [0.717, 1.165) is 22.3 Å². The number of aromatic amines is 1. The molecule has 0 aliphatic carbocycles. The predicted molar refractivity (Wildman–Crippen MR) is 65.1 cm³/mol. The first-order valence-electron chi connectivity index (χ1n) is 4.94. The lowest BCUT2D eigenvalue weighted by molar-refractivity contribution is 0.415. The smallest absolute Gasteiger partial charge is 0.120 e. The Kier molecular flexibility index (Phi) is 2.73. The molecule has 0 fully saturated rings. The van der Waals surface area contributed by atoms with Gasteiger partial charge in [-0.1, -0.05) is 19.1 Å². The molecule has 2 rings (SSSR count). The van der Waals surface area contributed by atoms with E-state index in [1.165, 1.54) is 10.9 Å². The number of H-pyrrole nitrogens is 1. The van der Waals surface area contributed by atoms with Gasteiger partial charge in [0.1, 0.15) is 10.4 Å². The summed E-state index contributed by atoms with van der Waals surface area (Å²) in [5.41, 5.74) is 2.21. The summed E-state index contributed by atoms with van der Waals surface area (Å²) in [7, 11) is 1.66. The zero-order valence-corrected chi connectivity index (χ0v) is 9.65. The number of fused-ring (bicyclic) bond motifs is 1. The maximum Gasteiger partial charge on any atom is 0.120 e. The summed E-state index contributed by atoms with van der Waals surface area (Å²) in [6.45, 7) is 2.11. The molecule has 0 saturated carbocycles. The molecule has 0 bridgehead atoms. The SMILES string of the molecule is CCc1cc2ccc(OC)cc2[nH]c1=S. The van der Waals surface area contributed by atoms with Gasteiger partial charge >= 0.3 is 0 Å².